The molecule has 0 aromatic carbocycles. The predicted molar refractivity (Wildman–Crippen MR) is 54.9 cm³/mol. The zero-order valence-electron chi connectivity index (χ0n) is 8.77. The van der Waals surface area contributed by atoms with Crippen molar-refractivity contribution < 1.29 is 9.53 Å². The molecule has 0 fully saturated rings. The third-order valence-corrected chi connectivity index (χ3v) is 1.73. The molecule has 1 amide bonds. The van der Waals surface area contributed by atoms with E-state index in [1.54, 1.807) is 4.68 Å². The first-order chi connectivity index (χ1) is 7.22. The van der Waals surface area contributed by atoms with E-state index in [0.29, 0.717) is 19.7 Å². The van der Waals surface area contributed by atoms with Gasteiger partial charge in [-0.05, 0) is 6.07 Å². The quantitative estimate of drug-likeness (QED) is 0.593. The molecule has 84 valence electrons. The van der Waals surface area contributed by atoms with Gasteiger partial charge in [-0.25, -0.2) is 0 Å². The Morgan fingerprint density at radius 3 is 3.13 bits per heavy atom. The molecule has 0 radical (unpaired) electrons. The zero-order chi connectivity index (χ0) is 11.1. The van der Waals surface area contributed by atoms with E-state index in [9.17, 15) is 4.79 Å². The third kappa shape index (κ3) is 4.57. The van der Waals surface area contributed by atoms with Crippen molar-refractivity contribution in [3.63, 3.8) is 0 Å². The molecular formula is C9H16N4O2. The Morgan fingerprint density at radius 2 is 2.53 bits per heavy atom. The number of nitrogens with zero attached hydrogens (tertiary/aromatic N) is 2. The molecular weight excluding hydrogens is 196 g/mol. The summed E-state index contributed by atoms with van der Waals surface area (Å²) < 4.78 is 6.66. The molecule has 0 spiro atoms. The molecule has 3 N–H and O–H groups in total. The van der Waals surface area contributed by atoms with Crippen LogP contribution in [0.4, 0.5) is 0 Å². The van der Waals surface area contributed by atoms with Crippen LogP contribution in [0.3, 0.4) is 0 Å². The lowest BCUT2D eigenvalue weighted by atomic mass is 10.4. The molecule has 0 saturated heterocycles. The Kier molecular flexibility index (Phi) is 4.79. The third-order valence-electron chi connectivity index (χ3n) is 1.73. The monoisotopic (exact) mass is 212 g/mol. The van der Waals surface area contributed by atoms with Crippen LogP contribution < -0.4 is 11.1 Å². The second-order valence-corrected chi connectivity index (χ2v) is 3.10. The standard InChI is InChI=1S/C9H16N4O2/c1-13-4-2-8(12-13)6-11-9(14)7-15-5-3-10/h2,4H,3,5-7,10H2,1H3,(H,11,14). The van der Waals surface area contributed by atoms with Gasteiger partial charge in [0, 0.05) is 19.8 Å². The smallest absolute Gasteiger partial charge is 0.246 e. The number of carbonyl (C=O) groups excluding carboxylic acids is 1. The van der Waals surface area contributed by atoms with E-state index in [4.69, 9.17) is 10.5 Å². The van der Waals surface area contributed by atoms with Crippen molar-refractivity contribution in [3.05, 3.63) is 18.0 Å². The number of aromatic nitrogens is 2. The van der Waals surface area contributed by atoms with Gasteiger partial charge in [0.05, 0.1) is 18.8 Å². The van der Waals surface area contributed by atoms with Crippen LogP contribution in [0.2, 0.25) is 0 Å². The zero-order valence-corrected chi connectivity index (χ0v) is 8.77. The van der Waals surface area contributed by atoms with Gasteiger partial charge in [-0.1, -0.05) is 0 Å². The van der Waals surface area contributed by atoms with Crippen molar-refractivity contribution in [1.82, 2.24) is 15.1 Å². The molecule has 6 nitrogen and oxygen atoms in total. The first kappa shape index (κ1) is 11.7. The van der Waals surface area contributed by atoms with Gasteiger partial charge in [0.15, 0.2) is 0 Å². The maximum absolute atomic E-state index is 11.2. The van der Waals surface area contributed by atoms with Crippen molar-refractivity contribution >= 4 is 5.91 Å². The summed E-state index contributed by atoms with van der Waals surface area (Å²) in [5.41, 5.74) is 6.04. The van der Waals surface area contributed by atoms with E-state index < -0.39 is 0 Å². The van der Waals surface area contributed by atoms with Crippen LogP contribution in [0.15, 0.2) is 12.3 Å². The molecule has 0 aliphatic heterocycles. The van der Waals surface area contributed by atoms with Crippen LogP contribution >= 0.6 is 0 Å². The summed E-state index contributed by atoms with van der Waals surface area (Å²) in [5, 5.41) is 6.81. The Morgan fingerprint density at radius 1 is 1.73 bits per heavy atom. The van der Waals surface area contributed by atoms with E-state index >= 15 is 0 Å². The minimum absolute atomic E-state index is 0.0457. The number of nitrogens with two attached hydrogens (primary N) is 1. The molecule has 0 aliphatic rings. The molecule has 1 aromatic rings. The topological polar surface area (TPSA) is 82.2 Å². The second kappa shape index (κ2) is 6.15. The second-order valence-electron chi connectivity index (χ2n) is 3.10. The van der Waals surface area contributed by atoms with E-state index in [1.807, 2.05) is 19.3 Å². The van der Waals surface area contributed by atoms with E-state index in [2.05, 4.69) is 10.4 Å². The Bertz CT molecular complexity index is 311. The SMILES string of the molecule is Cn1ccc(CNC(=O)COCCN)n1. The number of hydrogen-bond donors (Lipinski definition) is 2. The lowest BCUT2D eigenvalue weighted by Crippen LogP contribution is -2.28. The molecule has 0 unspecified atom stereocenters. The maximum atomic E-state index is 11.2. The molecule has 6 heteroatoms. The van der Waals surface area contributed by atoms with Gasteiger partial charge >= 0.3 is 0 Å². The van der Waals surface area contributed by atoms with Gasteiger partial charge in [-0.3, -0.25) is 9.48 Å². The van der Waals surface area contributed by atoms with Crippen molar-refractivity contribution in [2.24, 2.45) is 12.8 Å². The number of amides is 1. The number of hydrogen-bond acceptors (Lipinski definition) is 4. The van der Waals surface area contributed by atoms with Gasteiger partial charge in [-0.2, -0.15) is 5.10 Å². The Labute approximate surface area is 88.4 Å². The summed E-state index contributed by atoms with van der Waals surface area (Å²) in [6.45, 7) is 1.29. The van der Waals surface area contributed by atoms with Gasteiger partial charge in [0.1, 0.15) is 6.61 Å². The molecule has 0 aliphatic carbocycles. The van der Waals surface area contributed by atoms with E-state index in [1.165, 1.54) is 0 Å². The molecule has 1 rings (SSSR count). The van der Waals surface area contributed by atoms with Gasteiger partial charge in [-0.15, -0.1) is 0 Å². The number of rotatable bonds is 6. The Balaban J connectivity index is 2.16. The average Bonchev–Trinajstić information content (AvgIpc) is 2.62. The van der Waals surface area contributed by atoms with Crippen LogP contribution in [0.25, 0.3) is 0 Å². The van der Waals surface area contributed by atoms with Crippen LogP contribution in [0, 0.1) is 0 Å². The minimum Gasteiger partial charge on any atom is -0.370 e. The van der Waals surface area contributed by atoms with Crippen molar-refractivity contribution in [2.45, 2.75) is 6.54 Å². The predicted octanol–water partition coefficient (Wildman–Crippen LogP) is -0.988. The number of ether oxygens (including phenoxy) is 1. The normalized spacial score (nSPS) is 10.3. The molecule has 15 heavy (non-hydrogen) atoms. The van der Waals surface area contributed by atoms with Crippen molar-refractivity contribution in [3.8, 4) is 0 Å². The fourth-order valence-electron chi connectivity index (χ4n) is 1.05. The number of nitrogens with one attached hydrogen (secondary N) is 1. The minimum atomic E-state index is -0.158. The summed E-state index contributed by atoms with van der Waals surface area (Å²) in [5.74, 6) is -0.158. The summed E-state index contributed by atoms with van der Waals surface area (Å²) >= 11 is 0. The van der Waals surface area contributed by atoms with Crippen LogP contribution in [-0.2, 0) is 23.1 Å². The molecule has 1 aromatic heterocycles. The fraction of sp³-hybridized carbons (Fsp3) is 0.556. The van der Waals surface area contributed by atoms with Crippen molar-refractivity contribution in [1.29, 1.82) is 0 Å². The molecule has 0 atom stereocenters. The highest BCUT2D eigenvalue weighted by Crippen LogP contribution is 1.92. The maximum Gasteiger partial charge on any atom is 0.246 e. The molecule has 0 bridgehead atoms. The first-order valence-corrected chi connectivity index (χ1v) is 4.75. The highest BCUT2D eigenvalue weighted by Gasteiger charge is 2.02. The lowest BCUT2D eigenvalue weighted by Gasteiger charge is -2.03. The number of aryl methyl sites for hydroxylation is 1. The summed E-state index contributed by atoms with van der Waals surface area (Å²) in [4.78, 5) is 11.2. The molecule has 1 heterocycles. The summed E-state index contributed by atoms with van der Waals surface area (Å²) in [6.07, 6.45) is 1.83. The lowest BCUT2D eigenvalue weighted by molar-refractivity contribution is -0.125. The van der Waals surface area contributed by atoms with E-state index in [0.717, 1.165) is 5.69 Å². The highest BCUT2D eigenvalue weighted by atomic mass is 16.5. The number of carbonyl (C=O) groups is 1. The first-order valence-electron chi connectivity index (χ1n) is 4.75. The van der Waals surface area contributed by atoms with Gasteiger partial charge in [0.25, 0.3) is 0 Å². The van der Waals surface area contributed by atoms with Gasteiger partial charge in [0.2, 0.25) is 5.91 Å². The van der Waals surface area contributed by atoms with E-state index in [-0.39, 0.29) is 12.5 Å². The summed E-state index contributed by atoms with van der Waals surface area (Å²) in [7, 11) is 1.83. The Hall–Kier alpha value is -1.40. The average molecular weight is 212 g/mol. The van der Waals surface area contributed by atoms with Crippen LogP contribution in [0.5, 0.6) is 0 Å². The van der Waals surface area contributed by atoms with Crippen molar-refractivity contribution in [2.75, 3.05) is 19.8 Å². The van der Waals surface area contributed by atoms with Gasteiger partial charge < -0.3 is 15.8 Å². The fourth-order valence-corrected chi connectivity index (χ4v) is 1.05. The van der Waals surface area contributed by atoms with Crippen LogP contribution in [0.1, 0.15) is 5.69 Å². The van der Waals surface area contributed by atoms with Crippen LogP contribution in [-0.4, -0.2) is 35.4 Å². The highest BCUT2D eigenvalue weighted by molar-refractivity contribution is 5.77. The largest absolute Gasteiger partial charge is 0.370 e. The summed E-state index contributed by atoms with van der Waals surface area (Å²) in [6, 6.07) is 1.85. The molecule has 0 saturated carbocycles.